The lowest BCUT2D eigenvalue weighted by Crippen LogP contribution is -2.36. The fourth-order valence-corrected chi connectivity index (χ4v) is 2.20. The van der Waals surface area contributed by atoms with Gasteiger partial charge in [-0.1, -0.05) is 18.2 Å². The van der Waals surface area contributed by atoms with Crippen molar-refractivity contribution >= 4 is 11.8 Å². The highest BCUT2D eigenvalue weighted by molar-refractivity contribution is 6.01. The van der Waals surface area contributed by atoms with Crippen LogP contribution in [0.2, 0.25) is 0 Å². The highest BCUT2D eigenvalue weighted by Gasteiger charge is 2.30. The van der Waals surface area contributed by atoms with Crippen LogP contribution in [0.15, 0.2) is 24.3 Å². The van der Waals surface area contributed by atoms with Gasteiger partial charge in [-0.05, 0) is 13.0 Å². The monoisotopic (exact) mass is 262 g/mol. The standard InChI is InChI=1S/C14H18N2O3/c1-2-19-12-6-4-3-5-10(12)11(15)9-16-13(17)7-8-14(16)18/h3-6,11H,2,7-9,15H2,1H3. The minimum atomic E-state index is -0.422. The van der Waals surface area contributed by atoms with Gasteiger partial charge in [0.15, 0.2) is 0 Å². The van der Waals surface area contributed by atoms with Crippen molar-refractivity contribution in [3.63, 3.8) is 0 Å². The van der Waals surface area contributed by atoms with Crippen LogP contribution >= 0.6 is 0 Å². The Hall–Kier alpha value is -1.88. The maximum absolute atomic E-state index is 11.6. The summed E-state index contributed by atoms with van der Waals surface area (Å²) in [7, 11) is 0. The summed E-state index contributed by atoms with van der Waals surface area (Å²) in [5, 5.41) is 0. The van der Waals surface area contributed by atoms with E-state index in [-0.39, 0.29) is 18.4 Å². The average molecular weight is 262 g/mol. The van der Waals surface area contributed by atoms with E-state index in [2.05, 4.69) is 0 Å². The van der Waals surface area contributed by atoms with Crippen molar-refractivity contribution in [3.05, 3.63) is 29.8 Å². The second-order valence-corrected chi connectivity index (χ2v) is 4.48. The highest BCUT2D eigenvalue weighted by Crippen LogP contribution is 2.25. The van der Waals surface area contributed by atoms with E-state index in [9.17, 15) is 9.59 Å². The van der Waals surface area contributed by atoms with Gasteiger partial charge < -0.3 is 10.5 Å². The van der Waals surface area contributed by atoms with E-state index in [4.69, 9.17) is 10.5 Å². The molecule has 0 bridgehead atoms. The van der Waals surface area contributed by atoms with Crippen molar-refractivity contribution in [2.45, 2.75) is 25.8 Å². The zero-order chi connectivity index (χ0) is 13.8. The predicted octanol–water partition coefficient (Wildman–Crippen LogP) is 1.23. The number of likely N-dealkylation sites (tertiary alicyclic amines) is 1. The smallest absolute Gasteiger partial charge is 0.229 e. The number of hydrogen-bond acceptors (Lipinski definition) is 4. The molecule has 0 spiro atoms. The van der Waals surface area contributed by atoms with Gasteiger partial charge in [0.2, 0.25) is 11.8 Å². The normalized spacial score (nSPS) is 16.8. The number of carbonyl (C=O) groups excluding carboxylic acids is 2. The lowest BCUT2D eigenvalue weighted by atomic mass is 10.1. The molecule has 5 nitrogen and oxygen atoms in total. The summed E-state index contributed by atoms with van der Waals surface area (Å²) in [6.45, 7) is 2.66. The van der Waals surface area contributed by atoms with Crippen LogP contribution in [-0.4, -0.2) is 29.9 Å². The van der Waals surface area contributed by atoms with Crippen molar-refractivity contribution in [2.75, 3.05) is 13.2 Å². The fourth-order valence-electron chi connectivity index (χ4n) is 2.20. The van der Waals surface area contributed by atoms with E-state index in [1.165, 1.54) is 4.90 Å². The largest absolute Gasteiger partial charge is 0.494 e. The molecule has 2 amide bonds. The van der Waals surface area contributed by atoms with Crippen LogP contribution in [0.5, 0.6) is 5.75 Å². The van der Waals surface area contributed by atoms with Crippen LogP contribution in [-0.2, 0) is 9.59 Å². The first kappa shape index (κ1) is 13.5. The van der Waals surface area contributed by atoms with Crippen LogP contribution in [0, 0.1) is 0 Å². The molecule has 1 heterocycles. The van der Waals surface area contributed by atoms with Crippen molar-refractivity contribution in [1.82, 2.24) is 4.90 Å². The molecular weight excluding hydrogens is 244 g/mol. The van der Waals surface area contributed by atoms with Gasteiger partial charge in [-0.25, -0.2) is 0 Å². The third-order valence-corrected chi connectivity index (χ3v) is 3.15. The molecule has 5 heteroatoms. The number of hydrogen-bond donors (Lipinski definition) is 1. The van der Waals surface area contributed by atoms with Gasteiger partial charge in [0.1, 0.15) is 5.75 Å². The Labute approximate surface area is 112 Å². The Morgan fingerprint density at radius 2 is 1.89 bits per heavy atom. The maximum Gasteiger partial charge on any atom is 0.229 e. The van der Waals surface area contributed by atoms with Crippen molar-refractivity contribution < 1.29 is 14.3 Å². The average Bonchev–Trinajstić information content (AvgIpc) is 2.71. The molecule has 1 aliphatic heterocycles. The van der Waals surface area contributed by atoms with Gasteiger partial charge in [0.25, 0.3) is 0 Å². The van der Waals surface area contributed by atoms with Crippen LogP contribution in [0.3, 0.4) is 0 Å². The minimum Gasteiger partial charge on any atom is -0.494 e. The molecule has 102 valence electrons. The van der Waals surface area contributed by atoms with Crippen LogP contribution < -0.4 is 10.5 Å². The third-order valence-electron chi connectivity index (χ3n) is 3.15. The second-order valence-electron chi connectivity index (χ2n) is 4.48. The Kier molecular flexibility index (Phi) is 4.16. The summed E-state index contributed by atoms with van der Waals surface area (Å²) in [5.41, 5.74) is 6.92. The van der Waals surface area contributed by atoms with Crippen LogP contribution in [0.4, 0.5) is 0 Å². The molecule has 1 aromatic rings. The Morgan fingerprint density at radius 1 is 1.26 bits per heavy atom. The van der Waals surface area contributed by atoms with Crippen LogP contribution in [0.1, 0.15) is 31.4 Å². The van der Waals surface area contributed by atoms with Crippen molar-refractivity contribution in [3.8, 4) is 5.75 Å². The molecule has 1 saturated heterocycles. The molecule has 2 rings (SSSR count). The number of nitrogens with zero attached hydrogens (tertiary/aromatic N) is 1. The van der Waals surface area contributed by atoms with Crippen molar-refractivity contribution in [1.29, 1.82) is 0 Å². The van der Waals surface area contributed by atoms with E-state index in [1.54, 1.807) is 0 Å². The lowest BCUT2D eigenvalue weighted by molar-refractivity contribution is -0.138. The first-order valence-corrected chi connectivity index (χ1v) is 6.44. The maximum atomic E-state index is 11.6. The van der Waals surface area contributed by atoms with Gasteiger partial charge in [0.05, 0.1) is 12.6 Å². The number of ether oxygens (including phenoxy) is 1. The Morgan fingerprint density at radius 3 is 2.53 bits per heavy atom. The number of rotatable bonds is 5. The third kappa shape index (κ3) is 2.93. The zero-order valence-electron chi connectivity index (χ0n) is 11.0. The molecular formula is C14H18N2O3. The van der Waals surface area contributed by atoms with Gasteiger partial charge >= 0.3 is 0 Å². The number of carbonyl (C=O) groups is 2. The Bertz CT molecular complexity index is 471. The van der Waals surface area contributed by atoms with Crippen LogP contribution in [0.25, 0.3) is 0 Å². The number of nitrogens with two attached hydrogens (primary N) is 1. The first-order valence-electron chi connectivity index (χ1n) is 6.44. The molecule has 0 aromatic heterocycles. The van der Waals surface area contributed by atoms with E-state index >= 15 is 0 Å². The summed E-state index contributed by atoms with van der Waals surface area (Å²) in [6.07, 6.45) is 0.581. The molecule has 2 N–H and O–H groups in total. The molecule has 1 fully saturated rings. The zero-order valence-corrected chi connectivity index (χ0v) is 11.0. The summed E-state index contributed by atoms with van der Waals surface area (Å²) < 4.78 is 5.51. The number of para-hydroxylation sites is 1. The fraction of sp³-hybridized carbons (Fsp3) is 0.429. The first-order chi connectivity index (χ1) is 9.13. The Balaban J connectivity index is 2.13. The highest BCUT2D eigenvalue weighted by atomic mass is 16.5. The van der Waals surface area contributed by atoms with E-state index in [0.29, 0.717) is 25.2 Å². The number of amides is 2. The second kappa shape index (κ2) is 5.84. The van der Waals surface area contributed by atoms with Gasteiger partial charge in [-0.3, -0.25) is 14.5 Å². The van der Waals surface area contributed by atoms with E-state index < -0.39 is 6.04 Å². The number of benzene rings is 1. The van der Waals surface area contributed by atoms with Gasteiger partial charge in [0, 0.05) is 24.9 Å². The van der Waals surface area contributed by atoms with Gasteiger partial charge in [-0.15, -0.1) is 0 Å². The summed E-state index contributed by atoms with van der Waals surface area (Å²) >= 11 is 0. The summed E-state index contributed by atoms with van der Waals surface area (Å²) in [6, 6.07) is 7.01. The molecule has 1 unspecified atom stereocenters. The lowest BCUT2D eigenvalue weighted by Gasteiger charge is -2.21. The number of imide groups is 1. The molecule has 19 heavy (non-hydrogen) atoms. The molecule has 0 aliphatic carbocycles. The quantitative estimate of drug-likeness (QED) is 0.810. The topological polar surface area (TPSA) is 72.6 Å². The van der Waals surface area contributed by atoms with E-state index in [0.717, 1.165) is 5.56 Å². The summed E-state index contributed by atoms with van der Waals surface area (Å²) in [4.78, 5) is 24.4. The molecule has 1 aliphatic rings. The molecule has 1 atom stereocenters. The molecule has 1 aromatic carbocycles. The minimum absolute atomic E-state index is 0.144. The molecule has 0 radical (unpaired) electrons. The predicted molar refractivity (Wildman–Crippen MR) is 70.5 cm³/mol. The summed E-state index contributed by atoms with van der Waals surface area (Å²) in [5.74, 6) is 0.417. The SMILES string of the molecule is CCOc1ccccc1C(N)CN1C(=O)CCC1=O. The molecule has 0 saturated carbocycles. The van der Waals surface area contributed by atoms with Crippen molar-refractivity contribution in [2.24, 2.45) is 5.73 Å². The van der Waals surface area contributed by atoms with Gasteiger partial charge in [-0.2, -0.15) is 0 Å². The van der Waals surface area contributed by atoms with E-state index in [1.807, 2.05) is 31.2 Å².